The Bertz CT molecular complexity index is 2470. The van der Waals surface area contributed by atoms with Gasteiger partial charge in [0.25, 0.3) is 11.8 Å². The van der Waals surface area contributed by atoms with E-state index in [9.17, 15) is 9.59 Å². The summed E-state index contributed by atoms with van der Waals surface area (Å²) in [5.74, 6) is -0.607. The SMILES string of the molecule is C.C.C/C(=N\N=C(N)N)c1ccc(NC(=O)c2ccc(N)cc2)cc1.C/C(=N\N=C(N)N)c1ccc(NC(=O)c2ccc(Nc3ccnc4ccc(C)cc34)cc2)cc1. The molecule has 6 aromatic rings. The number of guanidine groups is 2. The molecular weight excluding hydrogens is 743 g/mol. The van der Waals surface area contributed by atoms with Crippen LogP contribution in [-0.2, 0) is 0 Å². The standard InChI is InChI=1S/C26H25N7O.C16H18N6O.2CH4/c1-16-3-12-23-22(15-16)24(13-14-29-23)30-20-10-6-19(7-11-20)25(34)31-21-8-4-18(5-9-21)17(2)32-33-26(27)28;1-10(21-22-16(18)19)11-4-8-14(9-5-11)20-15(23)12-2-6-13(17)7-3-12;;/h3-15H,1-2H3,(H,29,30)(H,31,34)(H4,27,28,33);2-9H,17H2,1H3,(H,20,23)(H4,18,19,22);2*1H4/b32-17+;21-10+;;. The molecular formula is C44H51N13O2. The van der Waals surface area contributed by atoms with E-state index < -0.39 is 0 Å². The van der Waals surface area contributed by atoms with Crippen LogP contribution in [0.5, 0.6) is 0 Å². The number of aromatic nitrogens is 1. The molecule has 0 radical (unpaired) electrons. The van der Waals surface area contributed by atoms with Gasteiger partial charge < -0.3 is 44.6 Å². The second-order valence-corrected chi connectivity index (χ2v) is 12.7. The monoisotopic (exact) mass is 793 g/mol. The maximum absolute atomic E-state index is 12.7. The number of benzene rings is 5. The van der Waals surface area contributed by atoms with Crippen LogP contribution in [0.15, 0.2) is 148 Å². The number of aryl methyl sites for hydroxylation is 1. The van der Waals surface area contributed by atoms with Crippen molar-refractivity contribution in [2.75, 3.05) is 21.7 Å². The minimum absolute atomic E-state index is 0. The van der Waals surface area contributed by atoms with E-state index in [0.29, 0.717) is 39.6 Å². The lowest BCUT2D eigenvalue weighted by Crippen LogP contribution is -2.22. The molecule has 6 rings (SSSR count). The Morgan fingerprint density at radius 2 is 0.966 bits per heavy atom. The molecule has 0 atom stereocenters. The zero-order valence-corrected chi connectivity index (χ0v) is 31.6. The topological polar surface area (TPSA) is 263 Å². The van der Waals surface area contributed by atoms with Gasteiger partial charge in [-0.25, -0.2) is 0 Å². The summed E-state index contributed by atoms with van der Waals surface area (Å²) in [6, 6.07) is 36.6. The third kappa shape index (κ3) is 13.3. The van der Waals surface area contributed by atoms with Gasteiger partial charge in [-0.3, -0.25) is 14.6 Å². The second-order valence-electron chi connectivity index (χ2n) is 12.7. The number of carbonyl (C=O) groups is 2. The summed E-state index contributed by atoms with van der Waals surface area (Å²) in [5, 5.41) is 25.3. The summed E-state index contributed by atoms with van der Waals surface area (Å²) in [5.41, 5.74) is 36.6. The molecule has 0 aliphatic heterocycles. The zero-order valence-electron chi connectivity index (χ0n) is 31.6. The lowest BCUT2D eigenvalue weighted by atomic mass is 10.1. The van der Waals surface area contributed by atoms with E-state index in [1.165, 1.54) is 5.56 Å². The molecule has 0 aliphatic carbocycles. The van der Waals surface area contributed by atoms with Crippen molar-refractivity contribution in [1.82, 2.24) is 4.98 Å². The van der Waals surface area contributed by atoms with Gasteiger partial charge in [-0.15, -0.1) is 10.2 Å². The minimum atomic E-state index is -0.205. The van der Waals surface area contributed by atoms with Crippen molar-refractivity contribution in [1.29, 1.82) is 0 Å². The Hall–Kier alpha value is -8.07. The summed E-state index contributed by atoms with van der Waals surface area (Å²) >= 11 is 0. The second kappa shape index (κ2) is 21.3. The number of fused-ring (bicyclic) bond motifs is 1. The first kappa shape index (κ1) is 45.3. The van der Waals surface area contributed by atoms with Crippen LogP contribution in [0.1, 0.15) is 66.1 Å². The first-order valence-electron chi connectivity index (χ1n) is 17.5. The maximum Gasteiger partial charge on any atom is 0.255 e. The summed E-state index contributed by atoms with van der Waals surface area (Å²) in [7, 11) is 0. The van der Waals surface area contributed by atoms with Crippen LogP contribution in [0.3, 0.4) is 0 Å². The highest BCUT2D eigenvalue weighted by Crippen LogP contribution is 2.26. The molecule has 15 heteroatoms. The summed E-state index contributed by atoms with van der Waals surface area (Å²) in [6.45, 7) is 5.64. The lowest BCUT2D eigenvalue weighted by Gasteiger charge is -2.11. The van der Waals surface area contributed by atoms with E-state index in [1.807, 2.05) is 54.6 Å². The van der Waals surface area contributed by atoms with Gasteiger partial charge in [-0.1, -0.05) is 50.7 Å². The van der Waals surface area contributed by atoms with Crippen LogP contribution in [0.2, 0.25) is 0 Å². The van der Waals surface area contributed by atoms with Crippen molar-refractivity contribution in [3.63, 3.8) is 0 Å². The Labute approximate surface area is 344 Å². The average molecular weight is 794 g/mol. The van der Waals surface area contributed by atoms with Gasteiger partial charge in [0.1, 0.15) is 0 Å². The number of nitrogens with zero attached hydrogens (tertiary/aromatic N) is 5. The van der Waals surface area contributed by atoms with E-state index >= 15 is 0 Å². The lowest BCUT2D eigenvalue weighted by molar-refractivity contribution is 0.101. The maximum atomic E-state index is 12.7. The first-order chi connectivity index (χ1) is 27.3. The predicted molar refractivity (Wildman–Crippen MR) is 245 cm³/mol. The smallest absolute Gasteiger partial charge is 0.255 e. The van der Waals surface area contributed by atoms with Crippen LogP contribution in [0, 0.1) is 6.92 Å². The highest BCUT2D eigenvalue weighted by Gasteiger charge is 2.09. The number of nitrogens with two attached hydrogens (primary N) is 5. The minimum Gasteiger partial charge on any atom is -0.399 e. The van der Waals surface area contributed by atoms with Gasteiger partial charge in [0, 0.05) is 51.1 Å². The molecule has 0 fully saturated rings. The molecule has 304 valence electrons. The largest absolute Gasteiger partial charge is 0.399 e. The third-order valence-electron chi connectivity index (χ3n) is 8.25. The van der Waals surface area contributed by atoms with E-state index in [4.69, 9.17) is 28.7 Å². The van der Waals surface area contributed by atoms with E-state index in [-0.39, 0.29) is 38.6 Å². The molecule has 0 unspecified atom stereocenters. The van der Waals surface area contributed by atoms with Crippen molar-refractivity contribution >= 4 is 74.5 Å². The van der Waals surface area contributed by atoms with Gasteiger partial charge >= 0.3 is 0 Å². The molecule has 0 saturated heterocycles. The molecule has 1 aromatic heterocycles. The van der Waals surface area contributed by atoms with Gasteiger partial charge in [-0.05, 0) is 123 Å². The van der Waals surface area contributed by atoms with E-state index in [1.54, 1.807) is 80.7 Å². The highest BCUT2D eigenvalue weighted by atomic mass is 16.2. The molecule has 5 aromatic carbocycles. The summed E-state index contributed by atoms with van der Waals surface area (Å²) in [6.07, 6.45) is 1.78. The molecule has 1 heterocycles. The van der Waals surface area contributed by atoms with Crippen LogP contribution in [0.4, 0.5) is 28.4 Å². The number of carbonyl (C=O) groups excluding carboxylic acids is 2. The van der Waals surface area contributed by atoms with Crippen molar-refractivity contribution < 1.29 is 9.59 Å². The Kier molecular flexibility index (Phi) is 16.4. The third-order valence-corrected chi connectivity index (χ3v) is 8.25. The fourth-order valence-corrected chi connectivity index (χ4v) is 5.24. The number of nitrogen functional groups attached to an aromatic ring is 1. The van der Waals surface area contributed by atoms with Gasteiger partial charge in [0.2, 0.25) is 11.9 Å². The highest BCUT2D eigenvalue weighted by molar-refractivity contribution is 6.06. The van der Waals surface area contributed by atoms with Crippen LogP contribution >= 0.6 is 0 Å². The van der Waals surface area contributed by atoms with Gasteiger partial charge in [0.15, 0.2) is 0 Å². The molecule has 0 bridgehead atoms. The van der Waals surface area contributed by atoms with E-state index in [2.05, 4.69) is 54.3 Å². The molecule has 0 saturated carbocycles. The zero-order chi connectivity index (χ0) is 40.9. The normalized spacial score (nSPS) is 10.7. The number of hydrogen-bond acceptors (Lipinski definition) is 9. The Morgan fingerprint density at radius 3 is 1.42 bits per heavy atom. The average Bonchev–Trinajstić information content (AvgIpc) is 3.20. The molecule has 59 heavy (non-hydrogen) atoms. The number of nitrogens with one attached hydrogen (secondary N) is 3. The number of pyridine rings is 1. The number of rotatable bonds is 10. The number of hydrogen-bond donors (Lipinski definition) is 8. The molecule has 15 nitrogen and oxygen atoms in total. The number of amides is 2. The van der Waals surface area contributed by atoms with Crippen molar-refractivity contribution in [2.45, 2.75) is 35.6 Å². The quantitative estimate of drug-likeness (QED) is 0.0298. The molecule has 2 amide bonds. The Balaban J connectivity index is 0.000000327. The fourth-order valence-electron chi connectivity index (χ4n) is 5.24. The number of anilines is 5. The van der Waals surface area contributed by atoms with Crippen LogP contribution < -0.4 is 44.6 Å². The summed E-state index contributed by atoms with van der Waals surface area (Å²) in [4.78, 5) is 29.2. The molecule has 13 N–H and O–H groups in total. The van der Waals surface area contributed by atoms with Crippen LogP contribution in [0.25, 0.3) is 10.9 Å². The first-order valence-corrected chi connectivity index (χ1v) is 17.5. The molecule has 0 aliphatic rings. The fraction of sp³-hybridized carbons (Fsp3) is 0.114. The van der Waals surface area contributed by atoms with Crippen molar-refractivity contribution in [2.24, 2.45) is 43.3 Å². The molecule has 0 spiro atoms. The van der Waals surface area contributed by atoms with Gasteiger partial charge in [-0.2, -0.15) is 10.2 Å². The van der Waals surface area contributed by atoms with Gasteiger partial charge in [0.05, 0.1) is 16.9 Å². The van der Waals surface area contributed by atoms with Crippen molar-refractivity contribution in [3.05, 3.63) is 155 Å². The van der Waals surface area contributed by atoms with Crippen LogP contribution in [-0.4, -0.2) is 40.1 Å². The predicted octanol–water partition coefficient (Wildman–Crippen LogP) is 7.33. The van der Waals surface area contributed by atoms with Crippen molar-refractivity contribution in [3.8, 4) is 0 Å². The van der Waals surface area contributed by atoms with E-state index in [0.717, 1.165) is 33.4 Å². The Morgan fingerprint density at radius 1 is 0.542 bits per heavy atom. The summed E-state index contributed by atoms with van der Waals surface area (Å²) < 4.78 is 0.